The maximum Gasteiger partial charge on any atom is 0.408 e. The SMILES string of the molecule is COc1ccc([C@@H]2NC(=O)O[C@@H]2COCc2ccccc2)cc1. The number of nitrogens with one attached hydrogen (secondary N) is 1. The summed E-state index contributed by atoms with van der Waals surface area (Å²) in [6, 6.07) is 17.2. The molecule has 1 amide bonds. The van der Waals surface area contributed by atoms with E-state index < -0.39 is 6.09 Å². The molecule has 1 N–H and O–H groups in total. The Morgan fingerprint density at radius 2 is 1.83 bits per heavy atom. The number of alkyl carbamates (subject to hydrolysis) is 1. The summed E-state index contributed by atoms with van der Waals surface area (Å²) < 4.78 is 16.2. The van der Waals surface area contributed by atoms with Gasteiger partial charge < -0.3 is 19.5 Å². The lowest BCUT2D eigenvalue weighted by molar-refractivity contribution is 0.0271. The second-order valence-electron chi connectivity index (χ2n) is 5.34. The third-order valence-corrected chi connectivity index (χ3v) is 3.77. The fourth-order valence-corrected chi connectivity index (χ4v) is 2.57. The lowest BCUT2D eigenvalue weighted by Crippen LogP contribution is -2.26. The molecule has 2 atom stereocenters. The van der Waals surface area contributed by atoms with Crippen molar-refractivity contribution in [2.24, 2.45) is 0 Å². The van der Waals surface area contributed by atoms with Crippen molar-refractivity contribution in [1.29, 1.82) is 0 Å². The average Bonchev–Trinajstić information content (AvgIpc) is 2.97. The van der Waals surface area contributed by atoms with Crippen LogP contribution >= 0.6 is 0 Å². The highest BCUT2D eigenvalue weighted by Crippen LogP contribution is 2.26. The monoisotopic (exact) mass is 313 g/mol. The first-order chi connectivity index (χ1) is 11.3. The predicted molar refractivity (Wildman–Crippen MR) is 85.2 cm³/mol. The zero-order valence-corrected chi connectivity index (χ0v) is 12.9. The van der Waals surface area contributed by atoms with Gasteiger partial charge in [0.05, 0.1) is 26.4 Å². The summed E-state index contributed by atoms with van der Waals surface area (Å²) in [5, 5.41) is 2.82. The summed E-state index contributed by atoms with van der Waals surface area (Å²) in [5.74, 6) is 0.774. The molecule has 23 heavy (non-hydrogen) atoms. The van der Waals surface area contributed by atoms with E-state index in [1.165, 1.54) is 0 Å². The van der Waals surface area contributed by atoms with Gasteiger partial charge in [-0.15, -0.1) is 0 Å². The molecule has 1 fully saturated rings. The Bertz CT molecular complexity index is 642. The first-order valence-corrected chi connectivity index (χ1v) is 7.49. The van der Waals surface area contributed by atoms with Crippen molar-refractivity contribution >= 4 is 6.09 Å². The second-order valence-corrected chi connectivity index (χ2v) is 5.34. The molecule has 0 aromatic heterocycles. The first kappa shape index (κ1) is 15.4. The van der Waals surface area contributed by atoms with E-state index in [4.69, 9.17) is 14.2 Å². The van der Waals surface area contributed by atoms with Gasteiger partial charge in [0.25, 0.3) is 0 Å². The van der Waals surface area contributed by atoms with Gasteiger partial charge in [-0.05, 0) is 23.3 Å². The van der Waals surface area contributed by atoms with Crippen molar-refractivity contribution in [3.63, 3.8) is 0 Å². The molecule has 3 rings (SSSR count). The van der Waals surface area contributed by atoms with Crippen LogP contribution in [0, 0.1) is 0 Å². The van der Waals surface area contributed by atoms with Crippen molar-refractivity contribution < 1.29 is 19.0 Å². The summed E-state index contributed by atoms with van der Waals surface area (Å²) in [4.78, 5) is 11.6. The van der Waals surface area contributed by atoms with Crippen LogP contribution in [0.4, 0.5) is 4.79 Å². The molecule has 1 heterocycles. The van der Waals surface area contributed by atoms with Gasteiger partial charge in [-0.3, -0.25) is 0 Å². The number of methoxy groups -OCH3 is 1. The van der Waals surface area contributed by atoms with Crippen LogP contribution in [0.2, 0.25) is 0 Å². The number of hydrogen-bond acceptors (Lipinski definition) is 4. The molecule has 5 heteroatoms. The van der Waals surface area contributed by atoms with Crippen molar-refractivity contribution in [2.75, 3.05) is 13.7 Å². The summed E-state index contributed by atoms with van der Waals surface area (Å²) in [6.45, 7) is 0.828. The van der Waals surface area contributed by atoms with Crippen LogP contribution in [0.1, 0.15) is 17.2 Å². The number of benzene rings is 2. The van der Waals surface area contributed by atoms with E-state index in [0.717, 1.165) is 16.9 Å². The van der Waals surface area contributed by atoms with Crippen molar-refractivity contribution in [1.82, 2.24) is 5.32 Å². The maximum absolute atomic E-state index is 11.6. The highest BCUT2D eigenvalue weighted by atomic mass is 16.6. The number of rotatable bonds is 6. The van der Waals surface area contributed by atoms with E-state index >= 15 is 0 Å². The van der Waals surface area contributed by atoms with Crippen LogP contribution in [-0.4, -0.2) is 25.9 Å². The normalized spacial score (nSPS) is 20.0. The highest BCUT2D eigenvalue weighted by Gasteiger charge is 2.35. The van der Waals surface area contributed by atoms with E-state index in [9.17, 15) is 4.79 Å². The minimum Gasteiger partial charge on any atom is -0.497 e. The van der Waals surface area contributed by atoms with E-state index in [-0.39, 0.29) is 12.1 Å². The molecule has 1 aliphatic rings. The minimum absolute atomic E-state index is 0.218. The Labute approximate surface area is 135 Å². The van der Waals surface area contributed by atoms with Gasteiger partial charge in [0.15, 0.2) is 6.10 Å². The van der Waals surface area contributed by atoms with Gasteiger partial charge >= 0.3 is 6.09 Å². The fourth-order valence-electron chi connectivity index (χ4n) is 2.57. The lowest BCUT2D eigenvalue weighted by atomic mass is 10.0. The molecule has 0 unspecified atom stereocenters. The first-order valence-electron chi connectivity index (χ1n) is 7.49. The smallest absolute Gasteiger partial charge is 0.408 e. The van der Waals surface area contributed by atoms with Crippen LogP contribution in [0.5, 0.6) is 5.75 Å². The van der Waals surface area contributed by atoms with Gasteiger partial charge in [0, 0.05) is 0 Å². The number of cyclic esters (lactones) is 1. The summed E-state index contributed by atoms with van der Waals surface area (Å²) in [6.07, 6.45) is -0.765. The average molecular weight is 313 g/mol. The van der Waals surface area contributed by atoms with Gasteiger partial charge in [-0.25, -0.2) is 4.79 Å². The van der Waals surface area contributed by atoms with Crippen LogP contribution in [0.15, 0.2) is 54.6 Å². The topological polar surface area (TPSA) is 56.8 Å². The Morgan fingerprint density at radius 1 is 1.09 bits per heavy atom. The Morgan fingerprint density at radius 3 is 2.52 bits per heavy atom. The quantitative estimate of drug-likeness (QED) is 0.890. The highest BCUT2D eigenvalue weighted by molar-refractivity contribution is 5.70. The van der Waals surface area contributed by atoms with Gasteiger partial charge in [-0.1, -0.05) is 42.5 Å². The lowest BCUT2D eigenvalue weighted by Gasteiger charge is -2.17. The third kappa shape index (κ3) is 3.81. The number of ether oxygens (including phenoxy) is 3. The summed E-state index contributed by atoms with van der Waals surface area (Å²) in [7, 11) is 1.62. The van der Waals surface area contributed by atoms with Crippen LogP contribution < -0.4 is 10.1 Å². The molecule has 0 radical (unpaired) electrons. The molecular formula is C18H19NO4. The van der Waals surface area contributed by atoms with Gasteiger partial charge in [-0.2, -0.15) is 0 Å². The Hall–Kier alpha value is -2.53. The molecule has 0 aliphatic carbocycles. The standard InChI is InChI=1S/C18H19NO4/c1-21-15-9-7-14(8-10-15)17-16(23-18(20)19-17)12-22-11-13-5-3-2-4-6-13/h2-10,16-17H,11-12H2,1H3,(H,19,20)/t16-,17+/m1/s1. The number of carbonyl (C=O) groups is 1. The predicted octanol–water partition coefficient (Wildman–Crippen LogP) is 3.06. The van der Waals surface area contributed by atoms with E-state index in [1.807, 2.05) is 54.6 Å². The molecule has 2 aromatic rings. The summed E-state index contributed by atoms with van der Waals surface area (Å²) >= 11 is 0. The Balaban J connectivity index is 1.61. The Kier molecular flexibility index (Phi) is 4.78. The van der Waals surface area contributed by atoms with Crippen LogP contribution in [0.25, 0.3) is 0 Å². The molecule has 5 nitrogen and oxygen atoms in total. The molecule has 1 aliphatic heterocycles. The molecule has 1 saturated heterocycles. The molecule has 0 saturated carbocycles. The minimum atomic E-state index is -0.417. The third-order valence-electron chi connectivity index (χ3n) is 3.77. The van der Waals surface area contributed by atoms with Crippen molar-refractivity contribution in [3.8, 4) is 5.75 Å². The number of amides is 1. The van der Waals surface area contributed by atoms with E-state index in [2.05, 4.69) is 5.32 Å². The maximum atomic E-state index is 11.6. The molecule has 0 spiro atoms. The fraction of sp³-hybridized carbons (Fsp3) is 0.278. The van der Waals surface area contributed by atoms with Crippen LogP contribution in [-0.2, 0) is 16.1 Å². The van der Waals surface area contributed by atoms with Gasteiger partial charge in [0.1, 0.15) is 5.75 Å². The number of hydrogen-bond donors (Lipinski definition) is 1. The molecule has 2 aromatic carbocycles. The molecular weight excluding hydrogens is 294 g/mol. The largest absolute Gasteiger partial charge is 0.497 e. The second kappa shape index (κ2) is 7.15. The van der Waals surface area contributed by atoms with Crippen molar-refractivity contribution in [3.05, 3.63) is 65.7 Å². The number of carbonyl (C=O) groups excluding carboxylic acids is 1. The van der Waals surface area contributed by atoms with Gasteiger partial charge in [0.2, 0.25) is 0 Å². The van der Waals surface area contributed by atoms with Crippen LogP contribution in [0.3, 0.4) is 0 Å². The zero-order valence-electron chi connectivity index (χ0n) is 12.9. The van der Waals surface area contributed by atoms with Crippen molar-refractivity contribution in [2.45, 2.75) is 18.8 Å². The summed E-state index contributed by atoms with van der Waals surface area (Å²) in [5.41, 5.74) is 2.05. The molecule has 0 bridgehead atoms. The van der Waals surface area contributed by atoms with E-state index in [0.29, 0.717) is 13.2 Å². The van der Waals surface area contributed by atoms with E-state index in [1.54, 1.807) is 7.11 Å². The zero-order chi connectivity index (χ0) is 16.1. The molecule has 120 valence electrons.